The van der Waals surface area contributed by atoms with Crippen LogP contribution in [0.15, 0.2) is 24.3 Å². The van der Waals surface area contributed by atoms with Gasteiger partial charge in [-0.3, -0.25) is 0 Å². The number of para-hydroxylation sites is 1. The van der Waals surface area contributed by atoms with Crippen LogP contribution in [-0.2, 0) is 0 Å². The van der Waals surface area contributed by atoms with Crippen LogP contribution in [-0.4, -0.2) is 54.9 Å². The van der Waals surface area contributed by atoms with Crippen molar-refractivity contribution in [1.29, 1.82) is 5.26 Å². The third-order valence-corrected chi connectivity index (χ3v) is 3.23. The van der Waals surface area contributed by atoms with Gasteiger partial charge in [0.2, 0.25) is 0 Å². The van der Waals surface area contributed by atoms with E-state index in [0.717, 1.165) is 12.3 Å². The maximum absolute atomic E-state index is 9.89. The Morgan fingerprint density at radius 2 is 2.21 bits per heavy atom. The molecule has 0 saturated carbocycles. The van der Waals surface area contributed by atoms with Crippen molar-refractivity contribution in [3.8, 4) is 11.8 Å². The molecule has 0 saturated heterocycles. The minimum Gasteiger partial charge on any atom is -0.489 e. The lowest BCUT2D eigenvalue weighted by molar-refractivity contribution is 0.0780. The molecule has 19 heavy (non-hydrogen) atoms. The predicted molar refractivity (Wildman–Crippen MR) is 78.5 cm³/mol. The largest absolute Gasteiger partial charge is 0.489 e. The third-order valence-electron chi connectivity index (χ3n) is 2.64. The molecule has 0 aliphatic heterocycles. The Morgan fingerprint density at radius 1 is 1.47 bits per heavy atom. The van der Waals surface area contributed by atoms with Crippen molar-refractivity contribution in [2.24, 2.45) is 0 Å². The molecule has 1 rings (SSSR count). The summed E-state index contributed by atoms with van der Waals surface area (Å²) in [4.78, 5) is 2.07. The molecule has 0 radical (unpaired) electrons. The van der Waals surface area contributed by atoms with Gasteiger partial charge < -0.3 is 14.7 Å². The van der Waals surface area contributed by atoms with Gasteiger partial charge in [-0.2, -0.15) is 17.0 Å². The van der Waals surface area contributed by atoms with Gasteiger partial charge >= 0.3 is 0 Å². The van der Waals surface area contributed by atoms with Crippen LogP contribution in [0.5, 0.6) is 5.75 Å². The second kappa shape index (κ2) is 8.81. The Kier molecular flexibility index (Phi) is 7.34. The highest BCUT2D eigenvalue weighted by Crippen LogP contribution is 2.16. The van der Waals surface area contributed by atoms with Crippen LogP contribution >= 0.6 is 11.8 Å². The van der Waals surface area contributed by atoms with Crippen molar-refractivity contribution >= 4 is 11.8 Å². The van der Waals surface area contributed by atoms with E-state index in [-0.39, 0.29) is 6.61 Å². The van der Waals surface area contributed by atoms with Crippen LogP contribution in [0.2, 0.25) is 0 Å². The smallest absolute Gasteiger partial charge is 0.137 e. The van der Waals surface area contributed by atoms with E-state index in [1.54, 1.807) is 30.0 Å². The van der Waals surface area contributed by atoms with Gasteiger partial charge in [-0.15, -0.1) is 0 Å². The first kappa shape index (κ1) is 15.8. The van der Waals surface area contributed by atoms with Gasteiger partial charge in [-0.25, -0.2) is 0 Å². The maximum atomic E-state index is 9.89. The van der Waals surface area contributed by atoms with Gasteiger partial charge in [0.25, 0.3) is 0 Å². The SMILES string of the molecule is CSCCN(C)CC(O)COc1ccccc1C#N. The fraction of sp³-hybridized carbons (Fsp3) is 0.500. The minimum atomic E-state index is -0.557. The fourth-order valence-corrected chi connectivity index (χ4v) is 2.12. The molecule has 0 heterocycles. The van der Waals surface area contributed by atoms with Crippen molar-refractivity contribution in [2.75, 3.05) is 38.8 Å². The number of likely N-dealkylation sites (N-methyl/N-ethyl adjacent to an activating group) is 1. The molecule has 0 aliphatic carbocycles. The first-order valence-electron chi connectivity index (χ1n) is 6.15. The summed E-state index contributed by atoms with van der Waals surface area (Å²) in [5.74, 6) is 1.57. The number of aliphatic hydroxyl groups is 1. The molecule has 0 spiro atoms. The van der Waals surface area contributed by atoms with Crippen LogP contribution in [0.1, 0.15) is 5.56 Å². The quantitative estimate of drug-likeness (QED) is 0.784. The number of hydrogen-bond donors (Lipinski definition) is 1. The van der Waals surface area contributed by atoms with Gasteiger partial charge in [-0.05, 0) is 25.4 Å². The minimum absolute atomic E-state index is 0.197. The second-order valence-corrected chi connectivity index (χ2v) is 5.31. The zero-order valence-electron chi connectivity index (χ0n) is 11.4. The van der Waals surface area contributed by atoms with E-state index in [4.69, 9.17) is 10.00 Å². The Balaban J connectivity index is 2.37. The van der Waals surface area contributed by atoms with Crippen molar-refractivity contribution in [3.63, 3.8) is 0 Å². The van der Waals surface area contributed by atoms with E-state index in [2.05, 4.69) is 17.2 Å². The van der Waals surface area contributed by atoms with Gasteiger partial charge in [0, 0.05) is 18.8 Å². The van der Waals surface area contributed by atoms with Crippen LogP contribution < -0.4 is 4.74 Å². The average molecular weight is 280 g/mol. The average Bonchev–Trinajstić information content (AvgIpc) is 2.43. The molecule has 1 N–H and O–H groups in total. The van der Waals surface area contributed by atoms with Gasteiger partial charge in [0.15, 0.2) is 0 Å². The number of ether oxygens (including phenoxy) is 1. The van der Waals surface area contributed by atoms with E-state index in [0.29, 0.717) is 17.9 Å². The zero-order chi connectivity index (χ0) is 14.1. The summed E-state index contributed by atoms with van der Waals surface area (Å²) >= 11 is 1.78. The van der Waals surface area contributed by atoms with Crippen molar-refractivity contribution in [3.05, 3.63) is 29.8 Å². The number of aliphatic hydroxyl groups excluding tert-OH is 1. The highest BCUT2D eigenvalue weighted by molar-refractivity contribution is 7.98. The monoisotopic (exact) mass is 280 g/mol. The Morgan fingerprint density at radius 3 is 2.89 bits per heavy atom. The van der Waals surface area contributed by atoms with E-state index in [1.807, 2.05) is 13.1 Å². The molecule has 1 unspecified atom stereocenters. The normalized spacial score (nSPS) is 12.2. The van der Waals surface area contributed by atoms with Crippen molar-refractivity contribution < 1.29 is 9.84 Å². The molecule has 1 aromatic carbocycles. The van der Waals surface area contributed by atoms with Crippen molar-refractivity contribution in [1.82, 2.24) is 4.90 Å². The molecule has 0 amide bonds. The summed E-state index contributed by atoms with van der Waals surface area (Å²) < 4.78 is 5.49. The molecule has 1 atom stereocenters. The Labute approximate surface area is 119 Å². The van der Waals surface area contributed by atoms with Crippen molar-refractivity contribution in [2.45, 2.75) is 6.10 Å². The molecular weight excluding hydrogens is 260 g/mol. The van der Waals surface area contributed by atoms with Gasteiger partial charge in [0.1, 0.15) is 24.5 Å². The fourth-order valence-electron chi connectivity index (χ4n) is 1.62. The Hall–Kier alpha value is -1.22. The van der Waals surface area contributed by atoms with E-state index in [9.17, 15) is 5.11 Å². The van der Waals surface area contributed by atoms with E-state index >= 15 is 0 Å². The van der Waals surface area contributed by atoms with Crippen LogP contribution in [0.3, 0.4) is 0 Å². The number of hydrogen-bond acceptors (Lipinski definition) is 5. The van der Waals surface area contributed by atoms with E-state index in [1.165, 1.54) is 0 Å². The number of benzene rings is 1. The van der Waals surface area contributed by atoms with Crippen LogP contribution in [0.4, 0.5) is 0 Å². The highest BCUT2D eigenvalue weighted by atomic mass is 32.2. The third kappa shape index (κ3) is 5.97. The van der Waals surface area contributed by atoms with E-state index < -0.39 is 6.10 Å². The molecule has 0 bridgehead atoms. The summed E-state index contributed by atoms with van der Waals surface area (Å²) in [6.45, 7) is 1.70. The van der Waals surface area contributed by atoms with Crippen LogP contribution in [0, 0.1) is 11.3 Å². The first-order chi connectivity index (χ1) is 9.17. The zero-order valence-corrected chi connectivity index (χ0v) is 12.2. The van der Waals surface area contributed by atoms with Crippen LogP contribution in [0.25, 0.3) is 0 Å². The topological polar surface area (TPSA) is 56.5 Å². The van der Waals surface area contributed by atoms with Gasteiger partial charge in [-0.1, -0.05) is 12.1 Å². The number of rotatable bonds is 8. The summed E-state index contributed by atoms with van der Waals surface area (Å²) in [6, 6.07) is 9.11. The lowest BCUT2D eigenvalue weighted by Crippen LogP contribution is -2.34. The molecule has 5 heteroatoms. The Bertz CT molecular complexity index is 420. The second-order valence-electron chi connectivity index (χ2n) is 4.33. The first-order valence-corrected chi connectivity index (χ1v) is 7.54. The summed E-state index contributed by atoms with van der Waals surface area (Å²) in [6.07, 6.45) is 1.50. The molecular formula is C14H20N2O2S. The summed E-state index contributed by atoms with van der Waals surface area (Å²) in [5.41, 5.74) is 0.491. The molecule has 0 aliphatic rings. The highest BCUT2D eigenvalue weighted by Gasteiger charge is 2.10. The predicted octanol–water partition coefficient (Wildman–Crippen LogP) is 1.59. The number of thioether (sulfide) groups is 1. The summed E-state index contributed by atoms with van der Waals surface area (Å²) in [7, 11) is 1.97. The molecule has 0 fully saturated rings. The molecule has 4 nitrogen and oxygen atoms in total. The maximum Gasteiger partial charge on any atom is 0.137 e. The molecule has 104 valence electrons. The lowest BCUT2D eigenvalue weighted by atomic mass is 10.2. The molecule has 1 aromatic rings. The molecule has 0 aromatic heterocycles. The number of nitrogens with zero attached hydrogens (tertiary/aromatic N) is 2. The standard InChI is InChI=1S/C14H20N2O2S/c1-16(7-8-19-2)10-13(17)11-18-14-6-4-3-5-12(14)9-15/h3-6,13,17H,7-8,10-11H2,1-2H3. The summed E-state index contributed by atoms with van der Waals surface area (Å²) in [5, 5.41) is 18.8. The number of nitriles is 1. The van der Waals surface area contributed by atoms with Gasteiger partial charge in [0.05, 0.1) is 5.56 Å². The lowest BCUT2D eigenvalue weighted by Gasteiger charge is -2.20.